The quantitative estimate of drug-likeness (QED) is 0.348. The number of amides is 1. The van der Waals surface area contributed by atoms with Crippen molar-refractivity contribution in [2.45, 2.75) is 3.23 Å². The van der Waals surface area contributed by atoms with Crippen molar-refractivity contribution in [2.24, 2.45) is 0 Å². The number of hydrogen-bond donors (Lipinski definition) is 0. The average Bonchev–Trinajstić information content (AvgIpc) is 3.08. The summed E-state index contributed by atoms with van der Waals surface area (Å²) in [7, 11) is 1.74. The van der Waals surface area contributed by atoms with Crippen molar-refractivity contribution < 1.29 is 9.53 Å². The van der Waals surface area contributed by atoms with Crippen molar-refractivity contribution in [3.8, 4) is 16.2 Å². The molecule has 0 radical (unpaired) electrons. The van der Waals surface area contributed by atoms with Crippen LogP contribution in [0.3, 0.4) is 0 Å². The van der Waals surface area contributed by atoms with Gasteiger partial charge in [0.1, 0.15) is 15.6 Å². The predicted octanol–water partition coefficient (Wildman–Crippen LogP) is 6.68. The van der Waals surface area contributed by atoms with Crippen molar-refractivity contribution in [1.29, 1.82) is 0 Å². The van der Waals surface area contributed by atoms with Crippen LogP contribution in [0.15, 0.2) is 54.6 Å². The number of halogens is 3. The molecule has 1 aromatic heterocycles. The van der Waals surface area contributed by atoms with E-state index in [1.54, 1.807) is 18.0 Å². The van der Waals surface area contributed by atoms with Crippen LogP contribution in [0, 0.1) is 0 Å². The molecule has 27 heavy (non-hydrogen) atoms. The lowest BCUT2D eigenvalue weighted by Crippen LogP contribution is -2.25. The number of para-hydroxylation sites is 2. The summed E-state index contributed by atoms with van der Waals surface area (Å²) in [6, 6.07) is 17.1. The highest BCUT2D eigenvalue weighted by atomic mass is 79.9. The number of anilines is 1. The largest absolute Gasteiger partial charge is 0.490 e. The van der Waals surface area contributed by atoms with Crippen molar-refractivity contribution >= 4 is 66.4 Å². The third-order valence-electron chi connectivity index (χ3n) is 4.40. The van der Waals surface area contributed by atoms with Crippen LogP contribution >= 0.6 is 54.8 Å². The number of nitrogens with zero attached hydrogens (tertiary/aromatic N) is 1. The summed E-state index contributed by atoms with van der Waals surface area (Å²) in [5, 5.41) is 0.542. The van der Waals surface area contributed by atoms with Crippen molar-refractivity contribution in [2.75, 3.05) is 18.6 Å². The maximum absolute atomic E-state index is 13.1. The van der Waals surface area contributed by atoms with Crippen molar-refractivity contribution in [3.05, 3.63) is 70.1 Å². The van der Waals surface area contributed by atoms with Gasteiger partial charge in [0.2, 0.25) is 0 Å². The molecule has 2 aromatic carbocycles. The molecule has 3 nitrogen and oxygen atoms in total. The van der Waals surface area contributed by atoms with Gasteiger partial charge in [-0.05, 0) is 30.3 Å². The molecule has 7 heteroatoms. The number of carbonyl (C=O) groups excluding carboxylic acids is 1. The Morgan fingerprint density at radius 2 is 1.89 bits per heavy atom. The maximum Gasteiger partial charge on any atom is 0.268 e. The second-order valence-electron chi connectivity index (χ2n) is 6.16. The fourth-order valence-electron chi connectivity index (χ4n) is 2.99. The lowest BCUT2D eigenvalue weighted by molar-refractivity contribution is 0.0997. The third-order valence-corrected chi connectivity index (χ3v) is 7.18. The Morgan fingerprint density at radius 1 is 1.19 bits per heavy atom. The SMILES string of the molecule is CN(C(=O)c1cc2c(s1)-c1ccccc1OCC2(Br)Br)c1ccccc1Cl. The van der Waals surface area contributed by atoms with Gasteiger partial charge in [0.05, 0.1) is 15.6 Å². The van der Waals surface area contributed by atoms with E-state index in [2.05, 4.69) is 31.9 Å². The number of rotatable bonds is 2. The van der Waals surface area contributed by atoms with Crippen LogP contribution < -0.4 is 9.64 Å². The fraction of sp³-hybridized carbons (Fsp3) is 0.150. The first-order valence-electron chi connectivity index (χ1n) is 8.15. The minimum atomic E-state index is -0.563. The number of benzene rings is 2. The predicted molar refractivity (Wildman–Crippen MR) is 119 cm³/mol. The molecular weight excluding hydrogens is 514 g/mol. The molecule has 0 aliphatic carbocycles. The molecule has 0 spiro atoms. The van der Waals surface area contributed by atoms with E-state index in [1.807, 2.05) is 48.5 Å². The Hall–Kier alpha value is -1.34. The van der Waals surface area contributed by atoms with Crippen LogP contribution in [0.2, 0.25) is 5.02 Å². The molecule has 1 amide bonds. The average molecular weight is 528 g/mol. The molecule has 2 heterocycles. The number of fused-ring (bicyclic) bond motifs is 3. The van der Waals surface area contributed by atoms with Gasteiger partial charge in [0.25, 0.3) is 5.91 Å². The summed E-state index contributed by atoms with van der Waals surface area (Å²) in [6.45, 7) is 0.404. The highest BCUT2D eigenvalue weighted by Crippen LogP contribution is 2.51. The number of carbonyl (C=O) groups is 1. The monoisotopic (exact) mass is 525 g/mol. The molecule has 0 bridgehead atoms. The van der Waals surface area contributed by atoms with E-state index >= 15 is 0 Å². The molecule has 0 saturated carbocycles. The molecular formula is C20H14Br2ClNO2S. The zero-order valence-electron chi connectivity index (χ0n) is 14.2. The first kappa shape index (κ1) is 19.0. The molecule has 0 unspecified atom stereocenters. The lowest BCUT2D eigenvalue weighted by Gasteiger charge is -2.19. The molecule has 3 aromatic rings. The van der Waals surface area contributed by atoms with Gasteiger partial charge in [-0.3, -0.25) is 4.79 Å². The molecule has 1 aliphatic rings. The zero-order chi connectivity index (χ0) is 19.2. The second kappa shape index (κ2) is 7.24. The highest BCUT2D eigenvalue weighted by Gasteiger charge is 2.36. The van der Waals surface area contributed by atoms with E-state index in [1.165, 1.54) is 11.3 Å². The molecule has 0 atom stereocenters. The molecule has 0 saturated heterocycles. The minimum absolute atomic E-state index is 0.102. The summed E-state index contributed by atoms with van der Waals surface area (Å²) >= 11 is 15.1. The molecule has 138 valence electrons. The van der Waals surface area contributed by atoms with E-state index in [0.717, 1.165) is 21.8 Å². The van der Waals surface area contributed by atoms with Crippen LogP contribution in [-0.4, -0.2) is 19.6 Å². The van der Waals surface area contributed by atoms with Crippen LogP contribution in [0.1, 0.15) is 15.2 Å². The second-order valence-corrected chi connectivity index (χ2v) is 11.4. The van der Waals surface area contributed by atoms with Crippen molar-refractivity contribution in [3.63, 3.8) is 0 Å². The summed E-state index contributed by atoms with van der Waals surface area (Å²) in [6.07, 6.45) is 0. The summed E-state index contributed by atoms with van der Waals surface area (Å²) in [4.78, 5) is 16.4. The lowest BCUT2D eigenvalue weighted by atomic mass is 10.1. The Labute approximate surface area is 183 Å². The van der Waals surface area contributed by atoms with Crippen LogP contribution in [0.25, 0.3) is 10.4 Å². The Morgan fingerprint density at radius 3 is 2.67 bits per heavy atom. The van der Waals surface area contributed by atoms with Gasteiger partial charge in [-0.2, -0.15) is 0 Å². The fourth-order valence-corrected chi connectivity index (χ4v) is 5.61. The molecule has 4 rings (SSSR count). The Bertz CT molecular complexity index is 1030. The summed E-state index contributed by atoms with van der Waals surface area (Å²) in [5.74, 6) is 0.704. The van der Waals surface area contributed by atoms with Gasteiger partial charge >= 0.3 is 0 Å². The van der Waals surface area contributed by atoms with Gasteiger partial charge < -0.3 is 9.64 Å². The highest BCUT2D eigenvalue weighted by molar-refractivity contribution is 9.24. The summed E-state index contributed by atoms with van der Waals surface area (Å²) in [5.41, 5.74) is 2.64. The number of hydrogen-bond acceptors (Lipinski definition) is 3. The number of alkyl halides is 2. The van der Waals surface area contributed by atoms with Gasteiger partial charge in [0, 0.05) is 23.1 Å². The van der Waals surface area contributed by atoms with E-state index in [0.29, 0.717) is 22.2 Å². The summed E-state index contributed by atoms with van der Waals surface area (Å²) < 4.78 is 5.37. The first-order valence-corrected chi connectivity index (χ1v) is 10.9. The van der Waals surface area contributed by atoms with Crippen LogP contribution in [-0.2, 0) is 3.23 Å². The molecule has 1 aliphatic heterocycles. The van der Waals surface area contributed by atoms with Gasteiger partial charge in [-0.15, -0.1) is 11.3 Å². The zero-order valence-corrected chi connectivity index (χ0v) is 19.0. The number of thiophene rings is 1. The topological polar surface area (TPSA) is 29.5 Å². The van der Waals surface area contributed by atoms with E-state index < -0.39 is 3.23 Å². The van der Waals surface area contributed by atoms with Gasteiger partial charge in [-0.25, -0.2) is 0 Å². The van der Waals surface area contributed by atoms with E-state index in [4.69, 9.17) is 16.3 Å². The van der Waals surface area contributed by atoms with E-state index in [-0.39, 0.29) is 5.91 Å². The van der Waals surface area contributed by atoms with Crippen LogP contribution in [0.4, 0.5) is 5.69 Å². The third kappa shape index (κ3) is 3.44. The normalized spacial score (nSPS) is 14.5. The van der Waals surface area contributed by atoms with Gasteiger partial charge in [0.15, 0.2) is 0 Å². The standard InChI is InChI=1S/C20H14Br2ClNO2S/c1-24(15-8-4-3-7-14(15)23)19(25)17-10-13-18(27-17)12-6-2-5-9-16(12)26-11-20(13,21)22/h2-10H,11H2,1H3. The Kier molecular flexibility index (Phi) is 5.10. The minimum Gasteiger partial charge on any atom is -0.490 e. The van der Waals surface area contributed by atoms with E-state index in [9.17, 15) is 4.79 Å². The molecule has 0 N–H and O–H groups in total. The maximum atomic E-state index is 13.1. The van der Waals surface area contributed by atoms with Crippen molar-refractivity contribution in [1.82, 2.24) is 0 Å². The first-order chi connectivity index (χ1) is 12.9. The number of ether oxygens (including phenoxy) is 1. The smallest absolute Gasteiger partial charge is 0.268 e. The van der Waals surface area contributed by atoms with Crippen LogP contribution in [0.5, 0.6) is 5.75 Å². The van der Waals surface area contributed by atoms with Gasteiger partial charge in [-0.1, -0.05) is 67.7 Å². The Balaban J connectivity index is 1.80. The molecule has 0 fully saturated rings.